The Morgan fingerprint density at radius 1 is 1.37 bits per heavy atom. The molecule has 1 aromatic rings. The molecule has 0 aliphatic heterocycles. The molecule has 1 aromatic heterocycles. The van der Waals surface area contributed by atoms with Crippen molar-refractivity contribution in [2.75, 3.05) is 27.7 Å². The van der Waals surface area contributed by atoms with E-state index in [1.165, 1.54) is 13.3 Å². The van der Waals surface area contributed by atoms with Crippen LogP contribution in [0.4, 0.5) is 0 Å². The van der Waals surface area contributed by atoms with E-state index in [1.54, 1.807) is 31.1 Å². The summed E-state index contributed by atoms with van der Waals surface area (Å²) >= 11 is 0. The van der Waals surface area contributed by atoms with Crippen LogP contribution in [0.15, 0.2) is 18.3 Å². The van der Waals surface area contributed by atoms with Gasteiger partial charge in [-0.05, 0) is 12.1 Å². The molecular formula is C13H19N3O3. The van der Waals surface area contributed by atoms with E-state index in [1.807, 2.05) is 0 Å². The molecule has 0 fully saturated rings. The van der Waals surface area contributed by atoms with E-state index < -0.39 is 5.97 Å². The van der Waals surface area contributed by atoms with Gasteiger partial charge >= 0.3 is 5.97 Å². The molecule has 1 heterocycles. The van der Waals surface area contributed by atoms with Gasteiger partial charge in [0.1, 0.15) is 0 Å². The van der Waals surface area contributed by atoms with Crippen LogP contribution >= 0.6 is 0 Å². The number of ether oxygens (including phenoxy) is 1. The van der Waals surface area contributed by atoms with Crippen molar-refractivity contribution in [3.8, 4) is 0 Å². The highest BCUT2D eigenvalue weighted by molar-refractivity contribution is 5.88. The van der Waals surface area contributed by atoms with Crippen LogP contribution in [0.3, 0.4) is 0 Å². The summed E-state index contributed by atoms with van der Waals surface area (Å²) < 4.78 is 4.59. The minimum absolute atomic E-state index is 0.0847. The van der Waals surface area contributed by atoms with E-state index in [0.717, 1.165) is 5.69 Å². The number of amides is 1. The first-order valence-electron chi connectivity index (χ1n) is 5.98. The van der Waals surface area contributed by atoms with Gasteiger partial charge in [-0.25, -0.2) is 4.79 Å². The van der Waals surface area contributed by atoms with E-state index >= 15 is 0 Å². The van der Waals surface area contributed by atoms with Crippen molar-refractivity contribution in [1.29, 1.82) is 0 Å². The highest BCUT2D eigenvalue weighted by atomic mass is 16.5. The molecule has 0 saturated carbocycles. The molecule has 0 aliphatic carbocycles. The molecule has 104 valence electrons. The van der Waals surface area contributed by atoms with Gasteiger partial charge in [0.05, 0.1) is 18.4 Å². The van der Waals surface area contributed by atoms with Gasteiger partial charge in [0.15, 0.2) is 0 Å². The summed E-state index contributed by atoms with van der Waals surface area (Å²) in [5.74, 6) is -0.315. The van der Waals surface area contributed by atoms with Crippen LogP contribution in [-0.4, -0.2) is 49.5 Å². The van der Waals surface area contributed by atoms with Gasteiger partial charge in [-0.15, -0.1) is 0 Å². The Bertz CT molecular complexity index is 429. The fourth-order valence-electron chi connectivity index (χ4n) is 1.40. The van der Waals surface area contributed by atoms with Gasteiger partial charge in [0.2, 0.25) is 5.91 Å². The second-order valence-electron chi connectivity index (χ2n) is 4.24. The van der Waals surface area contributed by atoms with Crippen LogP contribution < -0.4 is 5.32 Å². The Morgan fingerprint density at radius 3 is 2.63 bits per heavy atom. The maximum atomic E-state index is 11.3. The molecule has 1 N–H and O–H groups in total. The van der Waals surface area contributed by atoms with E-state index in [-0.39, 0.29) is 5.91 Å². The molecule has 19 heavy (non-hydrogen) atoms. The van der Waals surface area contributed by atoms with Crippen molar-refractivity contribution in [2.24, 2.45) is 0 Å². The molecule has 0 radical (unpaired) electrons. The first-order valence-corrected chi connectivity index (χ1v) is 5.98. The number of nitrogens with one attached hydrogen (secondary N) is 1. The summed E-state index contributed by atoms with van der Waals surface area (Å²) in [4.78, 5) is 28.2. The van der Waals surface area contributed by atoms with Crippen LogP contribution in [0.25, 0.3) is 0 Å². The topological polar surface area (TPSA) is 71.5 Å². The van der Waals surface area contributed by atoms with Gasteiger partial charge in [0.25, 0.3) is 0 Å². The van der Waals surface area contributed by atoms with Gasteiger partial charge in [-0.1, -0.05) is 0 Å². The molecule has 1 amide bonds. The molecule has 0 spiro atoms. The Morgan fingerprint density at radius 2 is 2.11 bits per heavy atom. The van der Waals surface area contributed by atoms with Gasteiger partial charge < -0.3 is 15.0 Å². The molecule has 0 aliphatic rings. The number of hydrogen-bond acceptors (Lipinski definition) is 5. The number of rotatable bonds is 6. The molecule has 0 unspecified atom stereocenters. The number of esters is 1. The zero-order valence-electron chi connectivity index (χ0n) is 11.5. The quantitative estimate of drug-likeness (QED) is 0.597. The largest absolute Gasteiger partial charge is 0.465 e. The Balaban J connectivity index is 2.34. The monoisotopic (exact) mass is 265 g/mol. The normalized spacial score (nSPS) is 10.1. The average molecular weight is 265 g/mol. The van der Waals surface area contributed by atoms with E-state index in [0.29, 0.717) is 25.1 Å². The number of pyridine rings is 1. The van der Waals surface area contributed by atoms with Crippen molar-refractivity contribution >= 4 is 11.9 Å². The lowest BCUT2D eigenvalue weighted by atomic mass is 10.2. The minimum Gasteiger partial charge on any atom is -0.465 e. The average Bonchev–Trinajstić information content (AvgIpc) is 2.43. The fourth-order valence-corrected chi connectivity index (χ4v) is 1.40. The highest BCUT2D eigenvalue weighted by Gasteiger charge is 2.06. The third-order valence-electron chi connectivity index (χ3n) is 2.57. The number of carbonyl (C=O) groups is 2. The summed E-state index contributed by atoms with van der Waals surface area (Å²) in [5.41, 5.74) is 1.24. The Hall–Kier alpha value is -1.95. The van der Waals surface area contributed by atoms with Crippen molar-refractivity contribution in [1.82, 2.24) is 15.2 Å². The summed E-state index contributed by atoms with van der Waals surface area (Å²) in [6.07, 6.45) is 1.93. The summed E-state index contributed by atoms with van der Waals surface area (Å²) in [6.45, 7) is 1.15. The van der Waals surface area contributed by atoms with Gasteiger partial charge in [0, 0.05) is 39.8 Å². The van der Waals surface area contributed by atoms with Crippen molar-refractivity contribution in [3.05, 3.63) is 29.6 Å². The fraction of sp³-hybridized carbons (Fsp3) is 0.462. The molecule has 0 bridgehead atoms. The number of methoxy groups -OCH3 is 1. The first kappa shape index (κ1) is 15.1. The third kappa shape index (κ3) is 5.05. The number of nitrogens with zero attached hydrogens (tertiary/aromatic N) is 2. The predicted octanol–water partition coefficient (Wildman–Crippen LogP) is 0.436. The van der Waals surface area contributed by atoms with E-state index in [2.05, 4.69) is 15.0 Å². The number of carbonyl (C=O) groups excluding carboxylic acids is 2. The zero-order valence-corrected chi connectivity index (χ0v) is 11.5. The zero-order chi connectivity index (χ0) is 14.3. The molecule has 0 saturated heterocycles. The van der Waals surface area contributed by atoms with Crippen molar-refractivity contribution in [3.63, 3.8) is 0 Å². The van der Waals surface area contributed by atoms with Gasteiger partial charge in [-0.2, -0.15) is 0 Å². The van der Waals surface area contributed by atoms with Gasteiger partial charge in [-0.3, -0.25) is 9.78 Å². The Labute approximate surface area is 112 Å². The summed E-state index contributed by atoms with van der Waals surface area (Å²) in [7, 11) is 4.80. The van der Waals surface area contributed by atoms with E-state index in [9.17, 15) is 9.59 Å². The SMILES string of the molecule is COC(=O)c1ccc(CNCCC(=O)N(C)C)nc1. The van der Waals surface area contributed by atoms with Crippen LogP contribution in [-0.2, 0) is 16.1 Å². The van der Waals surface area contributed by atoms with Crippen LogP contribution in [0, 0.1) is 0 Å². The van der Waals surface area contributed by atoms with Crippen LogP contribution in [0.5, 0.6) is 0 Å². The molecule has 6 nitrogen and oxygen atoms in total. The predicted molar refractivity (Wildman–Crippen MR) is 70.6 cm³/mol. The Kier molecular flexibility index (Phi) is 5.95. The molecule has 6 heteroatoms. The highest BCUT2D eigenvalue weighted by Crippen LogP contribution is 2.01. The number of aromatic nitrogens is 1. The maximum Gasteiger partial charge on any atom is 0.339 e. The smallest absolute Gasteiger partial charge is 0.339 e. The number of hydrogen-bond donors (Lipinski definition) is 1. The lowest BCUT2D eigenvalue weighted by Gasteiger charge is -2.10. The lowest BCUT2D eigenvalue weighted by molar-refractivity contribution is -0.128. The summed E-state index contributed by atoms with van der Waals surface area (Å²) in [6, 6.07) is 3.42. The standard InChI is InChI=1S/C13H19N3O3/c1-16(2)12(17)6-7-14-9-11-5-4-10(8-15-11)13(18)19-3/h4-5,8,14H,6-7,9H2,1-3H3. The van der Waals surface area contributed by atoms with Crippen LogP contribution in [0.2, 0.25) is 0 Å². The minimum atomic E-state index is -0.399. The molecule has 0 atom stereocenters. The third-order valence-corrected chi connectivity index (χ3v) is 2.57. The second-order valence-corrected chi connectivity index (χ2v) is 4.24. The van der Waals surface area contributed by atoms with E-state index in [4.69, 9.17) is 0 Å². The van der Waals surface area contributed by atoms with Crippen molar-refractivity contribution < 1.29 is 14.3 Å². The molecule has 1 rings (SSSR count). The van der Waals surface area contributed by atoms with Crippen LogP contribution in [0.1, 0.15) is 22.5 Å². The lowest BCUT2D eigenvalue weighted by Crippen LogP contribution is -2.26. The molecule has 0 aromatic carbocycles. The maximum absolute atomic E-state index is 11.3. The molecular weight excluding hydrogens is 246 g/mol. The summed E-state index contributed by atoms with van der Waals surface area (Å²) in [5, 5.41) is 3.12. The first-order chi connectivity index (χ1) is 9.04. The van der Waals surface area contributed by atoms with Crippen molar-refractivity contribution in [2.45, 2.75) is 13.0 Å². The second kappa shape index (κ2) is 7.48.